The zero-order valence-electron chi connectivity index (χ0n) is 17.0. The quantitative estimate of drug-likeness (QED) is 0.353. The number of aromatic nitrogens is 5. The summed E-state index contributed by atoms with van der Waals surface area (Å²) in [6, 6.07) is 14.2. The Balaban J connectivity index is 1.31. The van der Waals surface area contributed by atoms with Gasteiger partial charge in [0.25, 0.3) is 0 Å². The third-order valence-corrected chi connectivity index (χ3v) is 6.89. The van der Waals surface area contributed by atoms with Crippen molar-refractivity contribution in [1.82, 2.24) is 24.7 Å². The first-order chi connectivity index (χ1) is 15.1. The molecule has 0 aliphatic heterocycles. The molecule has 3 heterocycles. The van der Waals surface area contributed by atoms with Crippen LogP contribution < -0.4 is 5.32 Å². The number of benzene rings is 2. The first kappa shape index (κ1) is 19.8. The van der Waals surface area contributed by atoms with E-state index in [2.05, 4.69) is 44.5 Å². The second kappa shape index (κ2) is 8.16. The molecule has 0 aliphatic carbocycles. The molecule has 0 radical (unpaired) electrons. The molecule has 0 aliphatic rings. The number of aryl methyl sites for hydroxylation is 1. The van der Waals surface area contributed by atoms with Gasteiger partial charge in [-0.1, -0.05) is 47.4 Å². The predicted octanol–water partition coefficient (Wildman–Crippen LogP) is 5.10. The molecule has 5 rings (SSSR count). The van der Waals surface area contributed by atoms with E-state index in [4.69, 9.17) is 0 Å². The smallest absolute Gasteiger partial charge is 0.236 e. The molecule has 0 bridgehead atoms. The molecule has 0 unspecified atom stereocenters. The van der Waals surface area contributed by atoms with Crippen LogP contribution in [0.4, 0.5) is 5.13 Å². The van der Waals surface area contributed by atoms with Gasteiger partial charge in [-0.25, -0.2) is 4.98 Å². The van der Waals surface area contributed by atoms with Gasteiger partial charge < -0.3 is 14.9 Å². The van der Waals surface area contributed by atoms with Gasteiger partial charge in [0.1, 0.15) is 0 Å². The minimum Gasteiger partial charge on any atom is -0.360 e. The number of H-pyrrole nitrogens is 1. The van der Waals surface area contributed by atoms with Gasteiger partial charge >= 0.3 is 0 Å². The number of rotatable bonds is 6. The maximum absolute atomic E-state index is 12.5. The van der Waals surface area contributed by atoms with Gasteiger partial charge in [0.2, 0.25) is 5.91 Å². The Labute approximate surface area is 186 Å². The Morgan fingerprint density at radius 3 is 2.97 bits per heavy atom. The van der Waals surface area contributed by atoms with Crippen molar-refractivity contribution in [1.29, 1.82) is 0 Å². The summed E-state index contributed by atoms with van der Waals surface area (Å²) in [5, 5.41) is 14.1. The molecule has 0 saturated carbocycles. The van der Waals surface area contributed by atoms with Gasteiger partial charge in [-0.05, 0) is 37.6 Å². The number of thioether (sulfide) groups is 1. The molecule has 0 spiro atoms. The van der Waals surface area contributed by atoms with Crippen molar-refractivity contribution in [2.45, 2.75) is 25.5 Å². The number of fused-ring (bicyclic) bond motifs is 2. The van der Waals surface area contributed by atoms with Crippen molar-refractivity contribution in [2.24, 2.45) is 0 Å². The van der Waals surface area contributed by atoms with E-state index in [0.29, 0.717) is 11.7 Å². The molecule has 0 atom stereocenters. The Kier molecular flexibility index (Phi) is 5.21. The summed E-state index contributed by atoms with van der Waals surface area (Å²) in [4.78, 5) is 20.3. The number of carbonyl (C=O) groups is 1. The lowest BCUT2D eigenvalue weighted by Crippen LogP contribution is -2.14. The molecule has 1 amide bonds. The SMILES string of the molecule is CCn1c(SCC(=O)Nc2nc3ccc(C)cc3s2)nnc1-c1c[nH]c2ccccc12. The monoisotopic (exact) mass is 448 g/mol. The summed E-state index contributed by atoms with van der Waals surface area (Å²) >= 11 is 2.86. The van der Waals surface area contributed by atoms with E-state index in [-0.39, 0.29) is 11.7 Å². The topological polar surface area (TPSA) is 88.5 Å². The minimum absolute atomic E-state index is 0.111. The van der Waals surface area contributed by atoms with Crippen LogP contribution in [0.25, 0.3) is 32.5 Å². The van der Waals surface area contributed by atoms with Crippen LogP contribution in [-0.4, -0.2) is 36.4 Å². The van der Waals surface area contributed by atoms with Crippen molar-refractivity contribution in [2.75, 3.05) is 11.1 Å². The van der Waals surface area contributed by atoms with E-state index in [9.17, 15) is 4.79 Å². The average molecular weight is 449 g/mol. The summed E-state index contributed by atoms with van der Waals surface area (Å²) in [6.45, 7) is 4.81. The van der Waals surface area contributed by atoms with Crippen LogP contribution in [0, 0.1) is 6.92 Å². The van der Waals surface area contributed by atoms with Gasteiger partial charge in [-0.3, -0.25) is 4.79 Å². The fraction of sp³-hybridized carbons (Fsp3) is 0.182. The lowest BCUT2D eigenvalue weighted by atomic mass is 10.1. The van der Waals surface area contributed by atoms with Crippen LogP contribution in [0.1, 0.15) is 12.5 Å². The number of hydrogen-bond acceptors (Lipinski definition) is 6. The molecule has 2 aromatic carbocycles. The molecule has 3 aromatic heterocycles. The molecule has 0 fully saturated rings. The molecule has 156 valence electrons. The highest BCUT2D eigenvalue weighted by molar-refractivity contribution is 7.99. The highest BCUT2D eigenvalue weighted by Gasteiger charge is 2.17. The van der Waals surface area contributed by atoms with Crippen molar-refractivity contribution < 1.29 is 4.79 Å². The van der Waals surface area contributed by atoms with Gasteiger partial charge in [0, 0.05) is 29.2 Å². The van der Waals surface area contributed by atoms with Gasteiger partial charge in [-0.2, -0.15) is 0 Å². The summed E-state index contributed by atoms with van der Waals surface area (Å²) in [5.74, 6) is 0.922. The second-order valence-electron chi connectivity index (χ2n) is 7.13. The van der Waals surface area contributed by atoms with Gasteiger partial charge in [0.05, 0.1) is 16.0 Å². The predicted molar refractivity (Wildman–Crippen MR) is 127 cm³/mol. The first-order valence-electron chi connectivity index (χ1n) is 9.92. The number of nitrogens with one attached hydrogen (secondary N) is 2. The third kappa shape index (κ3) is 3.82. The molecule has 9 heteroatoms. The van der Waals surface area contributed by atoms with Crippen LogP contribution in [0.2, 0.25) is 0 Å². The molecular formula is C22H20N6OS2. The van der Waals surface area contributed by atoms with E-state index in [0.717, 1.165) is 37.7 Å². The maximum Gasteiger partial charge on any atom is 0.236 e. The number of anilines is 1. The molecular weight excluding hydrogens is 428 g/mol. The minimum atomic E-state index is -0.111. The summed E-state index contributed by atoms with van der Waals surface area (Å²) in [5.41, 5.74) is 4.14. The number of nitrogens with zero attached hydrogens (tertiary/aromatic N) is 4. The summed E-state index contributed by atoms with van der Waals surface area (Å²) < 4.78 is 3.10. The van der Waals surface area contributed by atoms with E-state index >= 15 is 0 Å². The van der Waals surface area contributed by atoms with E-state index < -0.39 is 0 Å². The van der Waals surface area contributed by atoms with Gasteiger partial charge in [-0.15, -0.1) is 10.2 Å². The number of aromatic amines is 1. The largest absolute Gasteiger partial charge is 0.360 e. The van der Waals surface area contributed by atoms with Crippen LogP contribution >= 0.6 is 23.1 Å². The molecule has 7 nitrogen and oxygen atoms in total. The van der Waals surface area contributed by atoms with Crippen molar-refractivity contribution >= 4 is 55.3 Å². The molecule has 2 N–H and O–H groups in total. The Morgan fingerprint density at radius 1 is 1.23 bits per heavy atom. The highest BCUT2D eigenvalue weighted by Crippen LogP contribution is 2.30. The normalized spacial score (nSPS) is 11.4. The fourth-order valence-corrected chi connectivity index (χ4v) is 5.29. The number of amides is 1. The van der Waals surface area contributed by atoms with E-state index in [1.54, 1.807) is 0 Å². The number of thiazole rings is 1. The van der Waals surface area contributed by atoms with Crippen LogP contribution in [-0.2, 0) is 11.3 Å². The van der Waals surface area contributed by atoms with E-state index in [1.165, 1.54) is 28.7 Å². The van der Waals surface area contributed by atoms with E-state index in [1.807, 2.05) is 48.0 Å². The average Bonchev–Trinajstić information content (AvgIpc) is 3.47. The van der Waals surface area contributed by atoms with Crippen LogP contribution in [0.3, 0.4) is 0 Å². The lowest BCUT2D eigenvalue weighted by molar-refractivity contribution is -0.113. The number of hydrogen-bond donors (Lipinski definition) is 2. The Morgan fingerprint density at radius 2 is 2.10 bits per heavy atom. The zero-order chi connectivity index (χ0) is 21.4. The molecule has 31 heavy (non-hydrogen) atoms. The van der Waals surface area contributed by atoms with Crippen molar-refractivity contribution in [3.8, 4) is 11.4 Å². The molecule has 5 aromatic rings. The zero-order valence-corrected chi connectivity index (χ0v) is 18.7. The summed E-state index contributed by atoms with van der Waals surface area (Å²) in [7, 11) is 0. The maximum atomic E-state index is 12.5. The standard InChI is InChI=1S/C22H20N6OS2/c1-3-28-20(15-11-23-16-7-5-4-6-14(15)16)26-27-22(28)30-12-19(29)25-21-24-17-9-8-13(2)10-18(17)31-21/h4-11,23H,3,12H2,1-2H3,(H,24,25,29). The Bertz CT molecular complexity index is 1400. The number of para-hydroxylation sites is 1. The summed E-state index contributed by atoms with van der Waals surface area (Å²) in [6.07, 6.45) is 1.96. The van der Waals surface area contributed by atoms with Crippen molar-refractivity contribution in [3.05, 3.63) is 54.2 Å². The van der Waals surface area contributed by atoms with Crippen LogP contribution in [0.5, 0.6) is 0 Å². The Hall–Kier alpha value is -3.17. The fourth-order valence-electron chi connectivity index (χ4n) is 3.51. The third-order valence-electron chi connectivity index (χ3n) is 4.99. The molecule has 0 saturated heterocycles. The van der Waals surface area contributed by atoms with Crippen molar-refractivity contribution in [3.63, 3.8) is 0 Å². The first-order valence-corrected chi connectivity index (χ1v) is 11.7. The number of carbonyl (C=O) groups excluding carboxylic acids is 1. The van der Waals surface area contributed by atoms with Crippen LogP contribution in [0.15, 0.2) is 53.8 Å². The lowest BCUT2D eigenvalue weighted by Gasteiger charge is -2.06. The van der Waals surface area contributed by atoms with Gasteiger partial charge in [0.15, 0.2) is 16.1 Å². The second-order valence-corrected chi connectivity index (χ2v) is 9.10. The highest BCUT2D eigenvalue weighted by atomic mass is 32.2.